The molecule has 6 rings (SSSR count). The fourth-order valence-electron chi connectivity index (χ4n) is 6.71. The molecule has 0 aromatic carbocycles. The number of methoxy groups -OCH3 is 1. The lowest BCUT2D eigenvalue weighted by Gasteiger charge is -2.37. The SMILES string of the molecule is COC(=O)N1CCCN(C2CCC(Nc3nc(Nc4cnn(C5CCOCC5)c4)nc4c3C(C)=NCC4)CC2)CC1. The molecule has 222 valence electrons. The number of nitrogens with zero attached hydrogens (tertiary/aromatic N) is 7. The van der Waals surface area contributed by atoms with Crippen LogP contribution in [0.3, 0.4) is 0 Å². The van der Waals surface area contributed by atoms with Crippen LogP contribution < -0.4 is 10.6 Å². The standard InChI is InChI=1S/C29H43N9O3/c1-20-26-25(8-11-30-20)34-28(33-22-18-31-38(19-22)24-9-16-41-17-10-24)35-27(26)32-21-4-6-23(7-5-21)36-12-3-13-37(15-14-36)29(39)40-2/h18-19,21,23-24H,3-17H2,1-2H3,(H2,32,33,34,35). The largest absolute Gasteiger partial charge is 0.453 e. The number of aliphatic imine (C=N–C) groups is 1. The molecule has 3 fully saturated rings. The van der Waals surface area contributed by atoms with Gasteiger partial charge in [-0.15, -0.1) is 0 Å². The Kier molecular flexibility index (Phi) is 8.66. The lowest BCUT2D eigenvalue weighted by molar-refractivity contribution is 0.0662. The Hall–Kier alpha value is -3.25. The van der Waals surface area contributed by atoms with Crippen LogP contribution in [0.1, 0.15) is 69.2 Å². The van der Waals surface area contributed by atoms with Gasteiger partial charge in [0.2, 0.25) is 5.95 Å². The van der Waals surface area contributed by atoms with Crippen LogP contribution >= 0.6 is 0 Å². The number of hydrogen-bond acceptors (Lipinski definition) is 10. The number of carbonyl (C=O) groups excluding carboxylic acids is 1. The quantitative estimate of drug-likeness (QED) is 0.541. The van der Waals surface area contributed by atoms with Gasteiger partial charge in [-0.3, -0.25) is 14.6 Å². The van der Waals surface area contributed by atoms with Crippen LogP contribution in [-0.2, 0) is 15.9 Å². The topological polar surface area (TPSA) is 122 Å². The van der Waals surface area contributed by atoms with Gasteiger partial charge in [0.05, 0.1) is 36.3 Å². The number of hydrogen-bond donors (Lipinski definition) is 2. The summed E-state index contributed by atoms with van der Waals surface area (Å²) in [6.07, 6.45) is 11.9. The Morgan fingerprint density at radius 1 is 1.02 bits per heavy atom. The van der Waals surface area contributed by atoms with E-state index in [2.05, 4.69) is 27.6 Å². The Labute approximate surface area is 241 Å². The van der Waals surface area contributed by atoms with Gasteiger partial charge in [-0.05, 0) is 51.9 Å². The number of rotatable bonds is 6. The first-order chi connectivity index (χ1) is 20.1. The van der Waals surface area contributed by atoms with Crippen molar-refractivity contribution < 1.29 is 14.3 Å². The maximum absolute atomic E-state index is 12.0. The van der Waals surface area contributed by atoms with E-state index in [1.165, 1.54) is 7.11 Å². The number of carbonyl (C=O) groups is 1. The summed E-state index contributed by atoms with van der Waals surface area (Å²) in [5.41, 5.74) is 3.99. The Bertz CT molecular complexity index is 1230. The third kappa shape index (κ3) is 6.48. The molecule has 2 saturated heterocycles. The summed E-state index contributed by atoms with van der Waals surface area (Å²) in [6.45, 7) is 7.83. The van der Waals surface area contributed by atoms with Crippen molar-refractivity contribution in [3.8, 4) is 0 Å². The molecule has 0 radical (unpaired) electrons. The van der Waals surface area contributed by atoms with E-state index < -0.39 is 0 Å². The van der Waals surface area contributed by atoms with E-state index in [0.29, 0.717) is 24.1 Å². The van der Waals surface area contributed by atoms with Gasteiger partial charge in [0, 0.05) is 76.4 Å². The first kappa shape index (κ1) is 27.9. The molecule has 0 atom stereocenters. The molecule has 1 amide bonds. The smallest absolute Gasteiger partial charge is 0.409 e. The van der Waals surface area contributed by atoms with Gasteiger partial charge in [-0.1, -0.05) is 0 Å². The molecule has 4 aliphatic rings. The molecular formula is C29H43N9O3. The second-order valence-corrected chi connectivity index (χ2v) is 11.6. The molecule has 3 aliphatic heterocycles. The van der Waals surface area contributed by atoms with Gasteiger partial charge in [-0.25, -0.2) is 9.78 Å². The summed E-state index contributed by atoms with van der Waals surface area (Å²) in [7, 11) is 1.46. The second-order valence-electron chi connectivity index (χ2n) is 11.6. The van der Waals surface area contributed by atoms with Crippen molar-refractivity contribution in [3.63, 3.8) is 0 Å². The minimum Gasteiger partial charge on any atom is -0.453 e. The van der Waals surface area contributed by atoms with Crippen molar-refractivity contribution in [3.05, 3.63) is 23.7 Å². The van der Waals surface area contributed by atoms with Crippen LogP contribution in [0.5, 0.6) is 0 Å². The van der Waals surface area contributed by atoms with Crippen LogP contribution in [-0.4, -0.2) is 106 Å². The highest BCUT2D eigenvalue weighted by Gasteiger charge is 2.30. The van der Waals surface area contributed by atoms with E-state index in [1.54, 1.807) is 0 Å². The average Bonchev–Trinajstić information content (AvgIpc) is 3.32. The van der Waals surface area contributed by atoms with Crippen LogP contribution in [0.25, 0.3) is 0 Å². The minimum absolute atomic E-state index is 0.214. The summed E-state index contributed by atoms with van der Waals surface area (Å²) in [5, 5.41) is 11.8. The highest BCUT2D eigenvalue weighted by molar-refractivity contribution is 6.04. The highest BCUT2D eigenvalue weighted by atomic mass is 16.5. The lowest BCUT2D eigenvalue weighted by Crippen LogP contribution is -2.43. The summed E-state index contributed by atoms with van der Waals surface area (Å²) in [4.78, 5) is 31.0. The van der Waals surface area contributed by atoms with Crippen molar-refractivity contribution in [1.29, 1.82) is 0 Å². The molecule has 1 aliphatic carbocycles. The monoisotopic (exact) mass is 565 g/mol. The zero-order valence-electron chi connectivity index (χ0n) is 24.3. The molecule has 0 bridgehead atoms. The first-order valence-electron chi connectivity index (χ1n) is 15.2. The highest BCUT2D eigenvalue weighted by Crippen LogP contribution is 2.30. The van der Waals surface area contributed by atoms with Gasteiger partial charge < -0.3 is 25.0 Å². The van der Waals surface area contributed by atoms with Crippen LogP contribution in [0.4, 0.5) is 22.2 Å². The molecule has 0 spiro atoms. The van der Waals surface area contributed by atoms with Gasteiger partial charge in [0.25, 0.3) is 0 Å². The van der Waals surface area contributed by atoms with Crippen LogP contribution in [0.15, 0.2) is 17.4 Å². The van der Waals surface area contributed by atoms with E-state index in [-0.39, 0.29) is 6.09 Å². The number of ether oxygens (including phenoxy) is 2. The van der Waals surface area contributed by atoms with Crippen LogP contribution in [0, 0.1) is 0 Å². The molecule has 2 aromatic heterocycles. The minimum atomic E-state index is -0.214. The van der Waals surface area contributed by atoms with Gasteiger partial charge in [0.1, 0.15) is 5.82 Å². The number of aromatic nitrogens is 4. The molecule has 12 heteroatoms. The van der Waals surface area contributed by atoms with Gasteiger partial charge >= 0.3 is 6.09 Å². The van der Waals surface area contributed by atoms with Crippen molar-refractivity contribution in [2.75, 3.05) is 63.7 Å². The third-order valence-corrected chi connectivity index (χ3v) is 8.98. The maximum Gasteiger partial charge on any atom is 0.409 e. The Morgan fingerprint density at radius 2 is 1.85 bits per heavy atom. The Balaban J connectivity index is 1.11. The predicted molar refractivity (Wildman–Crippen MR) is 157 cm³/mol. The molecule has 2 aromatic rings. The van der Waals surface area contributed by atoms with E-state index in [4.69, 9.17) is 24.4 Å². The molecule has 5 heterocycles. The normalized spacial score (nSPS) is 24.2. The summed E-state index contributed by atoms with van der Waals surface area (Å²) in [6, 6.07) is 1.27. The van der Waals surface area contributed by atoms with E-state index in [0.717, 1.165) is 126 Å². The molecule has 1 saturated carbocycles. The molecule has 12 nitrogen and oxygen atoms in total. The van der Waals surface area contributed by atoms with Crippen molar-refractivity contribution >= 4 is 29.3 Å². The second kappa shape index (κ2) is 12.7. The maximum atomic E-state index is 12.0. The zero-order valence-corrected chi connectivity index (χ0v) is 24.3. The molecule has 0 unspecified atom stereocenters. The van der Waals surface area contributed by atoms with E-state index in [1.807, 2.05) is 22.0 Å². The number of amides is 1. The molecular weight excluding hydrogens is 522 g/mol. The van der Waals surface area contributed by atoms with Crippen LogP contribution in [0.2, 0.25) is 0 Å². The summed E-state index contributed by atoms with van der Waals surface area (Å²) < 4.78 is 12.5. The predicted octanol–water partition coefficient (Wildman–Crippen LogP) is 3.63. The molecule has 2 N–H and O–H groups in total. The molecule has 41 heavy (non-hydrogen) atoms. The number of anilines is 3. The van der Waals surface area contributed by atoms with Crippen molar-refractivity contribution in [2.45, 2.75) is 76.4 Å². The first-order valence-corrected chi connectivity index (χ1v) is 15.2. The van der Waals surface area contributed by atoms with Crippen molar-refractivity contribution in [2.24, 2.45) is 4.99 Å². The van der Waals surface area contributed by atoms with Crippen molar-refractivity contribution in [1.82, 2.24) is 29.5 Å². The fourth-order valence-corrected chi connectivity index (χ4v) is 6.71. The lowest BCUT2D eigenvalue weighted by atomic mass is 9.89. The average molecular weight is 566 g/mol. The fraction of sp³-hybridized carbons (Fsp3) is 0.690. The van der Waals surface area contributed by atoms with E-state index >= 15 is 0 Å². The van der Waals surface area contributed by atoms with E-state index in [9.17, 15) is 4.79 Å². The number of fused-ring (bicyclic) bond motifs is 1. The number of nitrogens with one attached hydrogen (secondary N) is 2. The van der Waals surface area contributed by atoms with Gasteiger partial charge in [0.15, 0.2) is 0 Å². The summed E-state index contributed by atoms with van der Waals surface area (Å²) in [5.74, 6) is 1.48. The summed E-state index contributed by atoms with van der Waals surface area (Å²) >= 11 is 0. The van der Waals surface area contributed by atoms with Gasteiger partial charge in [-0.2, -0.15) is 10.1 Å². The Morgan fingerprint density at radius 3 is 2.66 bits per heavy atom. The zero-order chi connectivity index (χ0) is 28.2. The third-order valence-electron chi connectivity index (χ3n) is 8.98.